The van der Waals surface area contributed by atoms with E-state index >= 15 is 0 Å². The number of alkyl halides is 2. The Morgan fingerprint density at radius 3 is 2.28 bits per heavy atom. The van der Waals surface area contributed by atoms with Crippen molar-refractivity contribution in [3.8, 4) is 11.5 Å². The Labute approximate surface area is 102 Å². The van der Waals surface area contributed by atoms with E-state index in [2.05, 4.69) is 4.98 Å². The number of halogens is 2. The quantitative estimate of drug-likeness (QED) is 0.915. The molecule has 1 aromatic carbocycles. The van der Waals surface area contributed by atoms with Gasteiger partial charge in [0.05, 0.1) is 19.7 Å². The fourth-order valence-corrected chi connectivity index (χ4v) is 1.71. The van der Waals surface area contributed by atoms with Crippen LogP contribution in [-0.2, 0) is 0 Å². The third kappa shape index (κ3) is 2.01. The van der Waals surface area contributed by atoms with E-state index in [0.29, 0.717) is 22.4 Å². The molecule has 0 aliphatic heterocycles. The van der Waals surface area contributed by atoms with Gasteiger partial charge in [0, 0.05) is 17.1 Å². The third-order valence-corrected chi connectivity index (χ3v) is 2.59. The minimum atomic E-state index is -2.66. The van der Waals surface area contributed by atoms with Gasteiger partial charge in [0.1, 0.15) is 5.69 Å². The number of rotatable bonds is 3. The van der Waals surface area contributed by atoms with Crippen molar-refractivity contribution in [2.24, 2.45) is 0 Å². The average Bonchev–Trinajstić information content (AvgIpc) is 2.36. The van der Waals surface area contributed by atoms with Crippen molar-refractivity contribution in [3.05, 3.63) is 23.9 Å². The number of nitrogen functional groups attached to an aromatic ring is 1. The third-order valence-electron chi connectivity index (χ3n) is 2.59. The van der Waals surface area contributed by atoms with Crippen LogP contribution >= 0.6 is 0 Å². The molecular weight excluding hydrogens is 242 g/mol. The van der Waals surface area contributed by atoms with Crippen LogP contribution in [0.4, 0.5) is 14.5 Å². The number of anilines is 1. The van der Waals surface area contributed by atoms with Crippen LogP contribution in [0.5, 0.6) is 11.5 Å². The highest BCUT2D eigenvalue weighted by molar-refractivity contribution is 5.92. The maximum atomic E-state index is 12.6. The summed E-state index contributed by atoms with van der Waals surface area (Å²) in [5.74, 6) is 0.895. The van der Waals surface area contributed by atoms with Crippen LogP contribution in [0.1, 0.15) is 12.1 Å². The lowest BCUT2D eigenvalue weighted by Crippen LogP contribution is -1.98. The summed E-state index contributed by atoms with van der Waals surface area (Å²) in [4.78, 5) is 3.85. The van der Waals surface area contributed by atoms with Crippen LogP contribution in [-0.4, -0.2) is 19.2 Å². The summed E-state index contributed by atoms with van der Waals surface area (Å²) < 4.78 is 35.5. The lowest BCUT2D eigenvalue weighted by Gasteiger charge is -2.11. The maximum absolute atomic E-state index is 12.6. The Morgan fingerprint density at radius 1 is 1.11 bits per heavy atom. The molecule has 6 heteroatoms. The Kier molecular flexibility index (Phi) is 3.18. The van der Waals surface area contributed by atoms with Crippen molar-refractivity contribution in [1.29, 1.82) is 0 Å². The molecule has 0 spiro atoms. The minimum absolute atomic E-state index is 0.233. The van der Waals surface area contributed by atoms with Crippen molar-refractivity contribution in [2.45, 2.75) is 6.43 Å². The molecule has 4 nitrogen and oxygen atoms in total. The minimum Gasteiger partial charge on any atom is -0.493 e. The monoisotopic (exact) mass is 254 g/mol. The zero-order valence-electron chi connectivity index (χ0n) is 9.91. The molecule has 2 N–H and O–H groups in total. The topological polar surface area (TPSA) is 57.4 Å². The van der Waals surface area contributed by atoms with E-state index < -0.39 is 6.43 Å². The fourth-order valence-electron chi connectivity index (χ4n) is 1.71. The van der Waals surface area contributed by atoms with Gasteiger partial charge >= 0.3 is 0 Å². The van der Waals surface area contributed by atoms with Crippen molar-refractivity contribution in [2.75, 3.05) is 20.0 Å². The van der Waals surface area contributed by atoms with E-state index in [9.17, 15) is 8.78 Å². The highest BCUT2D eigenvalue weighted by atomic mass is 19.3. The number of benzene rings is 1. The van der Waals surface area contributed by atoms with E-state index in [1.54, 1.807) is 6.07 Å². The molecule has 96 valence electrons. The SMILES string of the molecule is COc1cc2nc(C(F)F)cc(N)c2cc1OC. The van der Waals surface area contributed by atoms with E-state index in [0.717, 1.165) is 0 Å². The summed E-state index contributed by atoms with van der Waals surface area (Å²) in [7, 11) is 2.95. The normalized spacial score (nSPS) is 10.9. The molecule has 0 atom stereocenters. The second-order valence-corrected chi connectivity index (χ2v) is 3.66. The molecule has 0 aliphatic carbocycles. The smallest absolute Gasteiger partial charge is 0.280 e. The number of hydrogen-bond donors (Lipinski definition) is 1. The summed E-state index contributed by atoms with van der Waals surface area (Å²) in [5, 5.41) is 0.553. The molecule has 1 aromatic heterocycles. The molecule has 0 saturated carbocycles. The largest absolute Gasteiger partial charge is 0.493 e. The number of nitrogens with two attached hydrogens (primary N) is 1. The van der Waals surface area contributed by atoms with Gasteiger partial charge in [0.25, 0.3) is 6.43 Å². The van der Waals surface area contributed by atoms with Gasteiger partial charge in [-0.05, 0) is 12.1 Å². The van der Waals surface area contributed by atoms with E-state index in [4.69, 9.17) is 15.2 Å². The number of aromatic nitrogens is 1. The van der Waals surface area contributed by atoms with Gasteiger partial charge in [-0.25, -0.2) is 13.8 Å². The summed E-state index contributed by atoms with van der Waals surface area (Å²) in [5.41, 5.74) is 5.97. The molecule has 0 bridgehead atoms. The standard InChI is InChI=1S/C12H12F2N2O2/c1-17-10-3-6-7(15)4-9(12(13)14)16-8(6)5-11(10)18-2/h3-5,12H,1-2H3,(H2,15,16). The van der Waals surface area contributed by atoms with Crippen LogP contribution in [0.2, 0.25) is 0 Å². The van der Waals surface area contributed by atoms with Gasteiger partial charge in [-0.2, -0.15) is 0 Å². The van der Waals surface area contributed by atoms with Crippen molar-refractivity contribution < 1.29 is 18.3 Å². The van der Waals surface area contributed by atoms with Crippen molar-refractivity contribution in [1.82, 2.24) is 4.98 Å². The summed E-state index contributed by atoms with van der Waals surface area (Å²) in [6.45, 7) is 0. The predicted molar refractivity (Wildman–Crippen MR) is 64.2 cm³/mol. The lowest BCUT2D eigenvalue weighted by atomic mass is 10.1. The molecule has 0 aliphatic rings. The van der Waals surface area contributed by atoms with E-state index in [-0.39, 0.29) is 11.4 Å². The zero-order valence-corrected chi connectivity index (χ0v) is 9.91. The Bertz CT molecular complexity index is 588. The molecule has 18 heavy (non-hydrogen) atoms. The molecule has 0 saturated heterocycles. The highest BCUT2D eigenvalue weighted by Gasteiger charge is 2.14. The number of hydrogen-bond acceptors (Lipinski definition) is 4. The van der Waals surface area contributed by atoms with Crippen LogP contribution < -0.4 is 15.2 Å². The second-order valence-electron chi connectivity index (χ2n) is 3.66. The predicted octanol–water partition coefficient (Wildman–Crippen LogP) is 2.77. The first kappa shape index (κ1) is 12.3. The van der Waals surface area contributed by atoms with E-state index in [1.807, 2.05) is 0 Å². The van der Waals surface area contributed by atoms with Gasteiger partial charge in [-0.15, -0.1) is 0 Å². The van der Waals surface area contributed by atoms with Crippen molar-refractivity contribution in [3.63, 3.8) is 0 Å². The molecule has 0 unspecified atom stereocenters. The first-order chi connectivity index (χ1) is 8.56. The number of fused-ring (bicyclic) bond motifs is 1. The first-order valence-electron chi connectivity index (χ1n) is 5.17. The molecular formula is C12H12F2N2O2. The van der Waals surface area contributed by atoms with Crippen molar-refractivity contribution >= 4 is 16.6 Å². The second kappa shape index (κ2) is 4.64. The summed E-state index contributed by atoms with van der Waals surface area (Å²) in [6.07, 6.45) is -2.66. The Hall–Kier alpha value is -2.11. The maximum Gasteiger partial charge on any atom is 0.280 e. The highest BCUT2D eigenvalue weighted by Crippen LogP contribution is 2.35. The fraction of sp³-hybridized carbons (Fsp3) is 0.250. The number of pyridine rings is 1. The Balaban J connectivity index is 2.72. The van der Waals surface area contributed by atoms with Crippen LogP contribution in [0.25, 0.3) is 10.9 Å². The van der Waals surface area contributed by atoms with Crippen LogP contribution in [0.3, 0.4) is 0 Å². The van der Waals surface area contributed by atoms with Crippen LogP contribution in [0.15, 0.2) is 18.2 Å². The van der Waals surface area contributed by atoms with Gasteiger partial charge in [0.15, 0.2) is 11.5 Å². The average molecular weight is 254 g/mol. The number of nitrogens with zero attached hydrogens (tertiary/aromatic N) is 1. The molecule has 2 aromatic rings. The summed E-state index contributed by atoms with van der Waals surface area (Å²) >= 11 is 0. The Morgan fingerprint density at radius 2 is 1.72 bits per heavy atom. The van der Waals surface area contributed by atoms with Gasteiger partial charge in [-0.1, -0.05) is 0 Å². The first-order valence-corrected chi connectivity index (χ1v) is 5.17. The zero-order chi connectivity index (χ0) is 13.3. The number of ether oxygens (including phenoxy) is 2. The van der Waals surface area contributed by atoms with Crippen LogP contribution in [0, 0.1) is 0 Å². The lowest BCUT2D eigenvalue weighted by molar-refractivity contribution is 0.146. The number of methoxy groups -OCH3 is 2. The molecule has 0 radical (unpaired) electrons. The molecule has 0 fully saturated rings. The molecule has 1 heterocycles. The van der Waals surface area contributed by atoms with E-state index in [1.165, 1.54) is 26.4 Å². The molecule has 2 rings (SSSR count). The van der Waals surface area contributed by atoms with Gasteiger partial charge in [0.2, 0.25) is 0 Å². The molecule has 0 amide bonds. The van der Waals surface area contributed by atoms with Gasteiger partial charge < -0.3 is 15.2 Å². The van der Waals surface area contributed by atoms with Gasteiger partial charge in [-0.3, -0.25) is 0 Å². The summed E-state index contributed by atoms with van der Waals surface area (Å²) in [6, 6.07) is 4.31.